The maximum atomic E-state index is 13.5. The van der Waals surface area contributed by atoms with Gasteiger partial charge in [0, 0.05) is 25.0 Å². The molecule has 0 N–H and O–H groups in total. The predicted molar refractivity (Wildman–Crippen MR) is 111 cm³/mol. The maximum absolute atomic E-state index is 13.5. The van der Waals surface area contributed by atoms with Gasteiger partial charge in [0.25, 0.3) is 0 Å². The van der Waals surface area contributed by atoms with Gasteiger partial charge in [0.05, 0.1) is 12.5 Å². The molecule has 0 radical (unpaired) electrons. The van der Waals surface area contributed by atoms with E-state index >= 15 is 0 Å². The first-order valence-corrected chi connectivity index (χ1v) is 11.0. The molecule has 2 aromatic rings. The van der Waals surface area contributed by atoms with Crippen LogP contribution >= 0.6 is 0 Å². The van der Waals surface area contributed by atoms with Crippen LogP contribution in [0.15, 0.2) is 34.9 Å². The number of fused-ring (bicyclic) bond motifs is 1. The number of carbonyl (C=O) groups is 1. The highest BCUT2D eigenvalue weighted by Gasteiger charge is 2.48. The Morgan fingerprint density at radius 3 is 2.83 bits per heavy atom. The van der Waals surface area contributed by atoms with Gasteiger partial charge in [0.15, 0.2) is 5.82 Å². The van der Waals surface area contributed by atoms with E-state index in [1.807, 2.05) is 11.8 Å². The van der Waals surface area contributed by atoms with Gasteiger partial charge in [0.2, 0.25) is 11.8 Å². The van der Waals surface area contributed by atoms with Crippen LogP contribution in [0.4, 0.5) is 0 Å². The van der Waals surface area contributed by atoms with E-state index in [4.69, 9.17) is 4.52 Å². The molecule has 2 saturated heterocycles. The highest BCUT2D eigenvalue weighted by molar-refractivity contribution is 5.80. The Kier molecular flexibility index (Phi) is 5.99. The van der Waals surface area contributed by atoms with Crippen molar-refractivity contribution in [3.8, 4) is 0 Å². The molecular formula is C23H32N4O2. The Morgan fingerprint density at radius 2 is 2.10 bits per heavy atom. The van der Waals surface area contributed by atoms with E-state index in [1.54, 1.807) is 0 Å². The molecule has 1 aromatic heterocycles. The third kappa shape index (κ3) is 4.22. The van der Waals surface area contributed by atoms with Crippen molar-refractivity contribution in [2.45, 2.75) is 65.1 Å². The average Bonchev–Trinajstić information content (AvgIpc) is 3.42. The van der Waals surface area contributed by atoms with Gasteiger partial charge in [-0.1, -0.05) is 49.3 Å². The van der Waals surface area contributed by atoms with Crippen molar-refractivity contribution in [1.82, 2.24) is 19.9 Å². The first-order valence-electron chi connectivity index (χ1n) is 11.0. The lowest BCUT2D eigenvalue weighted by Crippen LogP contribution is -2.40. The molecule has 0 saturated carbocycles. The Labute approximate surface area is 173 Å². The second-order valence-corrected chi connectivity index (χ2v) is 8.77. The molecule has 1 aromatic carbocycles. The van der Waals surface area contributed by atoms with Gasteiger partial charge in [0.1, 0.15) is 0 Å². The van der Waals surface area contributed by atoms with Gasteiger partial charge in [-0.25, -0.2) is 0 Å². The second-order valence-electron chi connectivity index (χ2n) is 8.77. The minimum Gasteiger partial charge on any atom is -0.339 e. The number of nitrogens with zero attached hydrogens (tertiary/aromatic N) is 4. The van der Waals surface area contributed by atoms with Crippen LogP contribution in [0.3, 0.4) is 0 Å². The van der Waals surface area contributed by atoms with Crippen LogP contribution in [0.25, 0.3) is 0 Å². The molecular weight excluding hydrogens is 364 g/mol. The fraction of sp³-hybridized carbons (Fsp3) is 0.609. The number of amides is 1. The largest absolute Gasteiger partial charge is 0.339 e. The summed E-state index contributed by atoms with van der Waals surface area (Å²) in [6.45, 7) is 8.46. The number of aromatic nitrogens is 2. The third-order valence-corrected chi connectivity index (χ3v) is 6.30. The summed E-state index contributed by atoms with van der Waals surface area (Å²) in [5.41, 5.74) is 1.33. The van der Waals surface area contributed by atoms with Crippen LogP contribution in [-0.4, -0.2) is 45.0 Å². The molecule has 6 nitrogen and oxygen atoms in total. The molecule has 3 heterocycles. The van der Waals surface area contributed by atoms with Crippen molar-refractivity contribution in [1.29, 1.82) is 0 Å². The second kappa shape index (κ2) is 8.66. The van der Waals surface area contributed by atoms with Crippen LogP contribution in [-0.2, 0) is 17.8 Å². The molecule has 2 aliphatic rings. The van der Waals surface area contributed by atoms with E-state index in [0.29, 0.717) is 42.8 Å². The molecule has 2 fully saturated rings. The SMILES string of the molecule is CCN(Cc1noc(CC(C)C)n1)C(=O)[C@@H]1C[C@H](c2ccccc2)N2CCC[C@@H]12. The van der Waals surface area contributed by atoms with Crippen molar-refractivity contribution < 1.29 is 9.32 Å². The molecule has 0 bridgehead atoms. The van der Waals surface area contributed by atoms with Crippen molar-refractivity contribution in [3.63, 3.8) is 0 Å². The zero-order valence-electron chi connectivity index (χ0n) is 17.8. The first kappa shape index (κ1) is 20.1. The normalized spacial score (nSPS) is 24.2. The highest BCUT2D eigenvalue weighted by atomic mass is 16.5. The van der Waals surface area contributed by atoms with Crippen molar-refractivity contribution in [2.75, 3.05) is 13.1 Å². The van der Waals surface area contributed by atoms with E-state index in [2.05, 4.69) is 59.2 Å². The van der Waals surface area contributed by atoms with Gasteiger partial charge < -0.3 is 9.42 Å². The van der Waals surface area contributed by atoms with E-state index < -0.39 is 0 Å². The first-order chi connectivity index (χ1) is 14.1. The summed E-state index contributed by atoms with van der Waals surface area (Å²) in [7, 11) is 0. The van der Waals surface area contributed by atoms with Gasteiger partial charge in [-0.2, -0.15) is 4.98 Å². The highest BCUT2D eigenvalue weighted by Crippen LogP contribution is 2.45. The van der Waals surface area contributed by atoms with Crippen LogP contribution in [0.1, 0.15) is 63.4 Å². The summed E-state index contributed by atoms with van der Waals surface area (Å²) in [5.74, 6) is 2.01. The Bertz CT molecular complexity index is 819. The molecule has 1 amide bonds. The summed E-state index contributed by atoms with van der Waals surface area (Å²) in [5, 5.41) is 4.10. The number of hydrogen-bond donors (Lipinski definition) is 0. The van der Waals surface area contributed by atoms with E-state index in [0.717, 1.165) is 25.8 Å². The number of carbonyl (C=O) groups excluding carboxylic acids is 1. The zero-order chi connectivity index (χ0) is 20.4. The molecule has 156 valence electrons. The van der Waals surface area contributed by atoms with Gasteiger partial charge in [-0.05, 0) is 44.2 Å². The molecule has 4 rings (SSSR count). The van der Waals surface area contributed by atoms with Crippen LogP contribution in [0.2, 0.25) is 0 Å². The molecule has 0 spiro atoms. The Morgan fingerprint density at radius 1 is 1.31 bits per heavy atom. The molecule has 29 heavy (non-hydrogen) atoms. The Hall–Kier alpha value is -2.21. The van der Waals surface area contributed by atoms with Crippen LogP contribution in [0.5, 0.6) is 0 Å². The molecule has 0 aliphatic carbocycles. The average molecular weight is 397 g/mol. The quantitative estimate of drug-likeness (QED) is 0.711. The summed E-state index contributed by atoms with van der Waals surface area (Å²) in [6, 6.07) is 11.3. The molecule has 3 atom stereocenters. The van der Waals surface area contributed by atoms with Gasteiger partial charge >= 0.3 is 0 Å². The lowest BCUT2D eigenvalue weighted by atomic mass is 9.93. The van der Waals surface area contributed by atoms with Gasteiger partial charge in [-0.3, -0.25) is 9.69 Å². The minimum absolute atomic E-state index is 0.0460. The summed E-state index contributed by atoms with van der Waals surface area (Å²) in [4.78, 5) is 22.4. The fourth-order valence-electron chi connectivity index (χ4n) is 4.97. The van der Waals surface area contributed by atoms with E-state index in [1.165, 1.54) is 12.0 Å². The van der Waals surface area contributed by atoms with Crippen LogP contribution < -0.4 is 0 Å². The smallest absolute Gasteiger partial charge is 0.227 e. The summed E-state index contributed by atoms with van der Waals surface area (Å²) < 4.78 is 5.36. The van der Waals surface area contributed by atoms with Crippen LogP contribution in [0, 0.1) is 11.8 Å². The number of benzene rings is 1. The fourth-order valence-corrected chi connectivity index (χ4v) is 4.97. The summed E-state index contributed by atoms with van der Waals surface area (Å²) >= 11 is 0. The minimum atomic E-state index is 0.0460. The van der Waals surface area contributed by atoms with E-state index in [-0.39, 0.29) is 11.8 Å². The van der Waals surface area contributed by atoms with Gasteiger partial charge in [-0.15, -0.1) is 0 Å². The maximum Gasteiger partial charge on any atom is 0.227 e. The monoisotopic (exact) mass is 396 g/mol. The number of rotatable bonds is 7. The lowest BCUT2D eigenvalue weighted by molar-refractivity contribution is -0.136. The van der Waals surface area contributed by atoms with Crippen molar-refractivity contribution >= 4 is 5.91 Å². The lowest BCUT2D eigenvalue weighted by Gasteiger charge is -2.27. The molecule has 0 unspecified atom stereocenters. The molecule has 6 heteroatoms. The molecule has 2 aliphatic heterocycles. The number of hydrogen-bond acceptors (Lipinski definition) is 5. The zero-order valence-corrected chi connectivity index (χ0v) is 17.8. The van der Waals surface area contributed by atoms with E-state index in [9.17, 15) is 4.79 Å². The van der Waals surface area contributed by atoms with Crippen molar-refractivity contribution in [3.05, 3.63) is 47.6 Å². The Balaban J connectivity index is 1.47. The topological polar surface area (TPSA) is 62.5 Å². The van der Waals surface area contributed by atoms with Crippen molar-refractivity contribution in [2.24, 2.45) is 11.8 Å². The standard InChI is InChI=1S/C23H32N4O2/c1-4-26(15-21-24-22(29-25-21)13-16(2)3)23(28)18-14-20(17-9-6-5-7-10-17)27-12-8-11-19(18)27/h5-7,9-10,16,18-20H,4,8,11-15H2,1-3H3/t18-,19+,20-/m1/s1. The third-order valence-electron chi connectivity index (χ3n) is 6.30. The predicted octanol–water partition coefficient (Wildman–Crippen LogP) is 3.84. The summed E-state index contributed by atoms with van der Waals surface area (Å²) in [6.07, 6.45) is 3.95.